The van der Waals surface area contributed by atoms with Crippen molar-refractivity contribution in [2.75, 3.05) is 7.11 Å². The van der Waals surface area contributed by atoms with Gasteiger partial charge >= 0.3 is 5.97 Å². The van der Waals surface area contributed by atoms with Crippen LogP contribution in [0.4, 0.5) is 0 Å². The summed E-state index contributed by atoms with van der Waals surface area (Å²) in [6.07, 6.45) is 1.47. The maximum Gasteiger partial charge on any atom is 0.353 e. The monoisotopic (exact) mass is 303 g/mol. The summed E-state index contributed by atoms with van der Waals surface area (Å²) >= 11 is 6.16. The normalized spacial score (nSPS) is 11.0. The van der Waals surface area contributed by atoms with E-state index < -0.39 is 5.97 Å². The Balaban J connectivity index is 2.39. The molecule has 2 rings (SSSR count). The van der Waals surface area contributed by atoms with Crippen molar-refractivity contribution in [2.45, 2.75) is 0 Å². The van der Waals surface area contributed by atoms with E-state index in [9.17, 15) is 4.79 Å². The SMILES string of the molecule is COC(=O)/C(N)=C/c1cccc(Cl)c1Oc1ccccc1. The number of esters is 1. The summed E-state index contributed by atoms with van der Waals surface area (Å²) < 4.78 is 10.3. The third-order valence-electron chi connectivity index (χ3n) is 2.69. The zero-order valence-electron chi connectivity index (χ0n) is 11.4. The fraction of sp³-hybridized carbons (Fsp3) is 0.0625. The lowest BCUT2D eigenvalue weighted by Crippen LogP contribution is -2.12. The van der Waals surface area contributed by atoms with E-state index in [2.05, 4.69) is 4.74 Å². The largest absolute Gasteiger partial charge is 0.464 e. The van der Waals surface area contributed by atoms with Crippen LogP contribution < -0.4 is 10.5 Å². The van der Waals surface area contributed by atoms with Crippen LogP contribution in [0.25, 0.3) is 6.08 Å². The van der Waals surface area contributed by atoms with Gasteiger partial charge in [-0.15, -0.1) is 0 Å². The fourth-order valence-electron chi connectivity index (χ4n) is 1.70. The van der Waals surface area contributed by atoms with Gasteiger partial charge in [-0.1, -0.05) is 41.9 Å². The smallest absolute Gasteiger partial charge is 0.353 e. The molecule has 0 saturated heterocycles. The van der Waals surface area contributed by atoms with E-state index >= 15 is 0 Å². The van der Waals surface area contributed by atoms with Gasteiger partial charge in [0.15, 0.2) is 5.75 Å². The van der Waals surface area contributed by atoms with Gasteiger partial charge in [0.1, 0.15) is 11.4 Å². The molecule has 0 aromatic heterocycles. The summed E-state index contributed by atoms with van der Waals surface area (Å²) in [5.74, 6) is 0.453. The Hall–Kier alpha value is -2.46. The van der Waals surface area contributed by atoms with Crippen molar-refractivity contribution in [3.63, 3.8) is 0 Å². The lowest BCUT2D eigenvalue weighted by Gasteiger charge is -2.11. The molecular formula is C16H14ClNO3. The molecule has 2 aromatic rings. The van der Waals surface area contributed by atoms with Crippen molar-refractivity contribution in [1.82, 2.24) is 0 Å². The second-order valence-electron chi connectivity index (χ2n) is 4.16. The van der Waals surface area contributed by atoms with Crippen LogP contribution in [0.3, 0.4) is 0 Å². The fourth-order valence-corrected chi connectivity index (χ4v) is 1.92. The Bertz CT molecular complexity index is 668. The zero-order chi connectivity index (χ0) is 15.2. The van der Waals surface area contributed by atoms with Gasteiger partial charge in [0.25, 0.3) is 0 Å². The van der Waals surface area contributed by atoms with Crippen molar-refractivity contribution in [1.29, 1.82) is 0 Å². The first-order valence-corrected chi connectivity index (χ1v) is 6.56. The Morgan fingerprint density at radius 3 is 2.52 bits per heavy atom. The summed E-state index contributed by atoms with van der Waals surface area (Å²) in [7, 11) is 1.27. The quantitative estimate of drug-likeness (QED) is 0.692. The number of methoxy groups -OCH3 is 1. The lowest BCUT2D eigenvalue weighted by atomic mass is 10.1. The number of carbonyl (C=O) groups is 1. The van der Waals surface area contributed by atoms with Crippen LogP contribution in [0.5, 0.6) is 11.5 Å². The van der Waals surface area contributed by atoms with Gasteiger partial charge in [-0.3, -0.25) is 0 Å². The van der Waals surface area contributed by atoms with Crippen molar-refractivity contribution < 1.29 is 14.3 Å². The summed E-state index contributed by atoms with van der Waals surface area (Å²) in [6, 6.07) is 14.4. The molecule has 0 radical (unpaired) electrons. The Morgan fingerprint density at radius 1 is 1.14 bits per heavy atom. The Morgan fingerprint density at radius 2 is 1.86 bits per heavy atom. The van der Waals surface area contributed by atoms with E-state index in [1.807, 2.05) is 18.2 Å². The number of carbonyl (C=O) groups excluding carboxylic acids is 1. The number of rotatable bonds is 4. The van der Waals surface area contributed by atoms with E-state index in [0.29, 0.717) is 22.1 Å². The van der Waals surface area contributed by atoms with Crippen LogP contribution in [-0.2, 0) is 9.53 Å². The van der Waals surface area contributed by atoms with Gasteiger partial charge in [0, 0.05) is 5.56 Å². The predicted octanol–water partition coefficient (Wildman–Crippen LogP) is 3.60. The van der Waals surface area contributed by atoms with Crippen LogP contribution in [-0.4, -0.2) is 13.1 Å². The minimum atomic E-state index is -0.611. The molecule has 0 unspecified atom stereocenters. The van der Waals surface area contributed by atoms with Crippen LogP contribution in [0.1, 0.15) is 5.56 Å². The first-order valence-electron chi connectivity index (χ1n) is 6.18. The third kappa shape index (κ3) is 3.77. The average molecular weight is 304 g/mol. The number of hydrogen-bond acceptors (Lipinski definition) is 4. The number of hydrogen-bond donors (Lipinski definition) is 1. The highest BCUT2D eigenvalue weighted by Crippen LogP contribution is 2.33. The summed E-state index contributed by atoms with van der Waals surface area (Å²) in [4.78, 5) is 11.4. The van der Waals surface area contributed by atoms with Gasteiger partial charge < -0.3 is 15.2 Å². The van der Waals surface area contributed by atoms with Crippen molar-refractivity contribution in [3.05, 3.63) is 64.8 Å². The molecule has 21 heavy (non-hydrogen) atoms. The molecule has 0 aliphatic carbocycles. The van der Waals surface area contributed by atoms with E-state index in [0.717, 1.165) is 0 Å². The highest BCUT2D eigenvalue weighted by Gasteiger charge is 2.11. The van der Waals surface area contributed by atoms with Gasteiger partial charge in [-0.2, -0.15) is 0 Å². The van der Waals surface area contributed by atoms with E-state index in [1.165, 1.54) is 13.2 Å². The number of halogens is 1. The number of para-hydroxylation sites is 2. The molecule has 108 valence electrons. The lowest BCUT2D eigenvalue weighted by molar-refractivity contribution is -0.136. The number of ether oxygens (including phenoxy) is 2. The van der Waals surface area contributed by atoms with E-state index in [-0.39, 0.29) is 5.70 Å². The first-order chi connectivity index (χ1) is 10.1. The maximum atomic E-state index is 11.4. The number of nitrogens with two attached hydrogens (primary N) is 1. The van der Waals surface area contributed by atoms with Crippen LogP contribution in [0.15, 0.2) is 54.2 Å². The molecule has 0 amide bonds. The Kier molecular flexibility index (Phi) is 4.85. The summed E-state index contributed by atoms with van der Waals surface area (Å²) in [5.41, 5.74) is 6.22. The summed E-state index contributed by atoms with van der Waals surface area (Å²) in [5, 5.41) is 0.422. The van der Waals surface area contributed by atoms with Gasteiger partial charge in [-0.05, 0) is 24.3 Å². The van der Waals surface area contributed by atoms with Crippen LogP contribution >= 0.6 is 11.6 Å². The molecule has 0 aliphatic heterocycles. The molecule has 0 aliphatic rings. The average Bonchev–Trinajstić information content (AvgIpc) is 2.51. The van der Waals surface area contributed by atoms with E-state index in [1.54, 1.807) is 30.3 Å². The zero-order valence-corrected chi connectivity index (χ0v) is 12.1. The minimum Gasteiger partial charge on any atom is -0.464 e. The highest BCUT2D eigenvalue weighted by atomic mass is 35.5. The first kappa shape index (κ1) is 14.9. The molecule has 0 saturated carbocycles. The van der Waals surface area contributed by atoms with Gasteiger partial charge in [0.2, 0.25) is 0 Å². The maximum absolute atomic E-state index is 11.4. The highest BCUT2D eigenvalue weighted by molar-refractivity contribution is 6.32. The number of benzene rings is 2. The minimum absolute atomic E-state index is 0.0299. The molecule has 0 bridgehead atoms. The molecular weight excluding hydrogens is 290 g/mol. The van der Waals surface area contributed by atoms with Gasteiger partial charge in [0.05, 0.1) is 12.1 Å². The topological polar surface area (TPSA) is 61.5 Å². The van der Waals surface area contributed by atoms with Gasteiger partial charge in [-0.25, -0.2) is 4.79 Å². The predicted molar refractivity (Wildman–Crippen MR) is 82.1 cm³/mol. The molecule has 5 heteroatoms. The standard InChI is InChI=1S/C16H14ClNO3/c1-20-16(19)14(18)10-11-6-5-9-13(17)15(11)21-12-7-3-2-4-8-12/h2-10H,18H2,1H3/b14-10-. The van der Waals surface area contributed by atoms with Crippen molar-refractivity contribution >= 4 is 23.6 Å². The molecule has 0 fully saturated rings. The molecule has 4 nitrogen and oxygen atoms in total. The molecule has 0 heterocycles. The van der Waals surface area contributed by atoms with E-state index in [4.69, 9.17) is 22.1 Å². The van der Waals surface area contributed by atoms with Crippen molar-refractivity contribution in [3.8, 4) is 11.5 Å². The summed E-state index contributed by atoms with van der Waals surface area (Å²) in [6.45, 7) is 0. The Labute approximate surface area is 127 Å². The molecule has 0 spiro atoms. The third-order valence-corrected chi connectivity index (χ3v) is 2.99. The molecule has 2 aromatic carbocycles. The van der Waals surface area contributed by atoms with Crippen molar-refractivity contribution in [2.24, 2.45) is 5.73 Å². The molecule has 0 atom stereocenters. The molecule has 2 N–H and O–H groups in total. The second kappa shape index (κ2) is 6.81. The van der Waals surface area contributed by atoms with Crippen LogP contribution in [0.2, 0.25) is 5.02 Å². The second-order valence-corrected chi connectivity index (χ2v) is 4.57. The van der Waals surface area contributed by atoms with Crippen LogP contribution in [0, 0.1) is 0 Å².